The molecular formula is C11H15N7O. The molecular weight excluding hydrogens is 246 g/mol. The van der Waals surface area contributed by atoms with Crippen molar-refractivity contribution in [1.82, 2.24) is 30.7 Å². The highest BCUT2D eigenvalue weighted by molar-refractivity contribution is 5.92. The van der Waals surface area contributed by atoms with E-state index in [2.05, 4.69) is 36.0 Å². The van der Waals surface area contributed by atoms with Crippen molar-refractivity contribution in [2.24, 2.45) is 0 Å². The fourth-order valence-corrected chi connectivity index (χ4v) is 1.47. The Morgan fingerprint density at radius 3 is 2.89 bits per heavy atom. The Bertz CT molecular complexity index is 508. The van der Waals surface area contributed by atoms with E-state index in [1.54, 1.807) is 12.1 Å². The monoisotopic (exact) mass is 261 g/mol. The molecule has 2 heterocycles. The summed E-state index contributed by atoms with van der Waals surface area (Å²) in [4.78, 5) is 15.7. The van der Waals surface area contributed by atoms with E-state index in [1.165, 1.54) is 6.33 Å². The van der Waals surface area contributed by atoms with E-state index in [-0.39, 0.29) is 5.91 Å². The van der Waals surface area contributed by atoms with Gasteiger partial charge < -0.3 is 10.6 Å². The first-order chi connectivity index (χ1) is 9.29. The van der Waals surface area contributed by atoms with E-state index in [1.807, 2.05) is 6.92 Å². The molecule has 0 aliphatic rings. The third kappa shape index (κ3) is 3.73. The maximum absolute atomic E-state index is 11.8. The molecule has 1 amide bonds. The lowest BCUT2D eigenvalue weighted by Gasteiger charge is -2.04. The van der Waals surface area contributed by atoms with Crippen LogP contribution >= 0.6 is 0 Å². The molecule has 2 rings (SSSR count). The molecule has 8 nitrogen and oxygen atoms in total. The number of amides is 1. The van der Waals surface area contributed by atoms with Crippen LogP contribution in [0, 0.1) is 0 Å². The van der Waals surface area contributed by atoms with Crippen LogP contribution in [0.4, 0.5) is 5.82 Å². The van der Waals surface area contributed by atoms with E-state index in [0.29, 0.717) is 24.5 Å². The van der Waals surface area contributed by atoms with Gasteiger partial charge in [0.15, 0.2) is 5.69 Å². The number of anilines is 1. The number of hydrogen-bond acceptors (Lipinski definition) is 6. The molecule has 0 aliphatic heterocycles. The van der Waals surface area contributed by atoms with Gasteiger partial charge in [0.05, 0.1) is 0 Å². The van der Waals surface area contributed by atoms with Crippen molar-refractivity contribution < 1.29 is 4.79 Å². The number of hydrogen-bond donors (Lipinski definition) is 3. The third-order valence-electron chi connectivity index (χ3n) is 2.37. The number of nitrogens with one attached hydrogen (secondary N) is 3. The van der Waals surface area contributed by atoms with Gasteiger partial charge in [-0.3, -0.25) is 9.89 Å². The average molecular weight is 261 g/mol. The molecule has 2 aromatic rings. The zero-order chi connectivity index (χ0) is 13.5. The minimum absolute atomic E-state index is 0.255. The molecule has 100 valence electrons. The van der Waals surface area contributed by atoms with Gasteiger partial charge in [0.25, 0.3) is 5.91 Å². The Kier molecular flexibility index (Phi) is 4.38. The van der Waals surface area contributed by atoms with Crippen molar-refractivity contribution in [2.75, 3.05) is 18.4 Å². The van der Waals surface area contributed by atoms with Gasteiger partial charge in [-0.15, -0.1) is 10.2 Å². The molecule has 0 aliphatic carbocycles. The summed E-state index contributed by atoms with van der Waals surface area (Å²) in [5.41, 5.74) is 0.291. The summed E-state index contributed by atoms with van der Waals surface area (Å²) in [5, 5.41) is 19.9. The van der Waals surface area contributed by atoms with Crippen molar-refractivity contribution in [1.29, 1.82) is 0 Å². The van der Waals surface area contributed by atoms with Crippen LogP contribution in [0.5, 0.6) is 0 Å². The van der Waals surface area contributed by atoms with Crippen LogP contribution in [0.15, 0.2) is 18.5 Å². The SMILES string of the molecule is CCNc1ccc(C(=O)NCCc2ncn[nH]2)nn1. The Morgan fingerprint density at radius 2 is 2.26 bits per heavy atom. The van der Waals surface area contributed by atoms with Gasteiger partial charge in [0, 0.05) is 19.5 Å². The molecule has 19 heavy (non-hydrogen) atoms. The summed E-state index contributed by atoms with van der Waals surface area (Å²) in [6, 6.07) is 3.36. The minimum Gasteiger partial charge on any atom is -0.369 e. The van der Waals surface area contributed by atoms with Gasteiger partial charge in [0.2, 0.25) is 0 Å². The van der Waals surface area contributed by atoms with Crippen molar-refractivity contribution in [3.8, 4) is 0 Å². The fraction of sp³-hybridized carbons (Fsp3) is 0.364. The van der Waals surface area contributed by atoms with Crippen LogP contribution in [0.3, 0.4) is 0 Å². The summed E-state index contributed by atoms with van der Waals surface area (Å²) in [5.74, 6) is 1.13. The molecule has 8 heteroatoms. The number of rotatable bonds is 6. The predicted octanol–water partition coefficient (Wildman–Crippen LogP) is -0.00100. The van der Waals surface area contributed by atoms with E-state index in [4.69, 9.17) is 0 Å². The van der Waals surface area contributed by atoms with Crippen LogP contribution in [0.1, 0.15) is 23.2 Å². The summed E-state index contributed by atoms with van der Waals surface area (Å²) in [6.45, 7) is 3.19. The Balaban J connectivity index is 1.82. The second-order valence-corrected chi connectivity index (χ2v) is 3.77. The van der Waals surface area contributed by atoms with Gasteiger partial charge in [-0.05, 0) is 19.1 Å². The van der Waals surface area contributed by atoms with Gasteiger partial charge >= 0.3 is 0 Å². The molecule has 0 saturated heterocycles. The lowest BCUT2D eigenvalue weighted by molar-refractivity contribution is 0.0948. The minimum atomic E-state index is -0.255. The molecule has 0 unspecified atom stereocenters. The molecule has 0 saturated carbocycles. The summed E-state index contributed by atoms with van der Waals surface area (Å²) in [6.07, 6.45) is 2.02. The second-order valence-electron chi connectivity index (χ2n) is 3.77. The van der Waals surface area contributed by atoms with Gasteiger partial charge in [-0.1, -0.05) is 0 Å². The molecule has 0 fully saturated rings. The Morgan fingerprint density at radius 1 is 1.37 bits per heavy atom. The number of aromatic amines is 1. The predicted molar refractivity (Wildman–Crippen MR) is 68.6 cm³/mol. The van der Waals surface area contributed by atoms with Crippen molar-refractivity contribution in [3.63, 3.8) is 0 Å². The number of carbonyl (C=O) groups is 1. The van der Waals surface area contributed by atoms with E-state index in [0.717, 1.165) is 12.4 Å². The standard InChI is InChI=1S/C11H15N7O/c1-2-12-9-4-3-8(16-18-9)11(19)13-6-5-10-14-7-15-17-10/h3-4,7H,2,5-6H2,1H3,(H,12,18)(H,13,19)(H,14,15,17). The van der Waals surface area contributed by atoms with Crippen molar-refractivity contribution in [2.45, 2.75) is 13.3 Å². The van der Waals surface area contributed by atoms with Crippen LogP contribution in [0.25, 0.3) is 0 Å². The smallest absolute Gasteiger partial charge is 0.271 e. The highest BCUT2D eigenvalue weighted by Gasteiger charge is 2.07. The first-order valence-corrected chi connectivity index (χ1v) is 5.99. The lowest BCUT2D eigenvalue weighted by Crippen LogP contribution is -2.27. The van der Waals surface area contributed by atoms with Crippen LogP contribution in [0.2, 0.25) is 0 Å². The van der Waals surface area contributed by atoms with Crippen LogP contribution < -0.4 is 10.6 Å². The second kappa shape index (κ2) is 6.43. The van der Waals surface area contributed by atoms with E-state index < -0.39 is 0 Å². The van der Waals surface area contributed by atoms with Gasteiger partial charge in [-0.25, -0.2) is 4.98 Å². The van der Waals surface area contributed by atoms with Crippen LogP contribution in [-0.4, -0.2) is 44.4 Å². The molecule has 3 N–H and O–H groups in total. The topological polar surface area (TPSA) is 108 Å². The molecule has 0 aromatic carbocycles. The summed E-state index contributed by atoms with van der Waals surface area (Å²) >= 11 is 0. The zero-order valence-corrected chi connectivity index (χ0v) is 10.6. The normalized spacial score (nSPS) is 10.2. The summed E-state index contributed by atoms with van der Waals surface area (Å²) < 4.78 is 0. The van der Waals surface area contributed by atoms with E-state index in [9.17, 15) is 4.79 Å². The number of carbonyl (C=O) groups excluding carboxylic acids is 1. The highest BCUT2D eigenvalue weighted by Crippen LogP contribution is 2.01. The first kappa shape index (κ1) is 12.9. The van der Waals surface area contributed by atoms with E-state index >= 15 is 0 Å². The summed E-state index contributed by atoms with van der Waals surface area (Å²) in [7, 11) is 0. The average Bonchev–Trinajstić information content (AvgIpc) is 2.93. The van der Waals surface area contributed by atoms with Gasteiger partial charge in [-0.2, -0.15) is 5.10 Å². The zero-order valence-electron chi connectivity index (χ0n) is 10.6. The fourth-order valence-electron chi connectivity index (χ4n) is 1.47. The Hall–Kier alpha value is -2.51. The number of nitrogens with zero attached hydrogens (tertiary/aromatic N) is 4. The maximum Gasteiger partial charge on any atom is 0.271 e. The highest BCUT2D eigenvalue weighted by atomic mass is 16.1. The van der Waals surface area contributed by atoms with Crippen molar-refractivity contribution >= 4 is 11.7 Å². The Labute approximate surface area is 110 Å². The van der Waals surface area contributed by atoms with Crippen molar-refractivity contribution in [3.05, 3.63) is 30.0 Å². The lowest BCUT2D eigenvalue weighted by atomic mass is 10.3. The maximum atomic E-state index is 11.8. The molecule has 0 bridgehead atoms. The third-order valence-corrected chi connectivity index (χ3v) is 2.37. The quantitative estimate of drug-likeness (QED) is 0.675. The molecule has 0 radical (unpaired) electrons. The molecule has 2 aromatic heterocycles. The number of H-pyrrole nitrogens is 1. The van der Waals surface area contributed by atoms with Crippen LogP contribution in [-0.2, 0) is 6.42 Å². The molecule has 0 spiro atoms. The molecule has 0 atom stereocenters. The number of aromatic nitrogens is 5. The first-order valence-electron chi connectivity index (χ1n) is 5.99. The largest absolute Gasteiger partial charge is 0.369 e. The van der Waals surface area contributed by atoms with Gasteiger partial charge in [0.1, 0.15) is 18.0 Å².